The lowest BCUT2D eigenvalue weighted by Crippen LogP contribution is -2.44. The highest BCUT2D eigenvalue weighted by Gasteiger charge is 2.43. The number of rotatable bonds is 5. The van der Waals surface area contributed by atoms with Gasteiger partial charge in [0.05, 0.1) is 24.0 Å². The molecular formula is C26H21ClN4O2. The number of hydrogen-bond donors (Lipinski definition) is 0. The number of hydrogen-bond acceptors (Lipinski definition) is 6. The van der Waals surface area contributed by atoms with Gasteiger partial charge in [-0.05, 0) is 42.8 Å². The molecule has 3 aromatic rings. The number of aliphatic imine (C=N–C) groups is 1. The van der Waals surface area contributed by atoms with Gasteiger partial charge >= 0.3 is 5.97 Å². The molecule has 0 fully saturated rings. The first kappa shape index (κ1) is 21.0. The largest absolute Gasteiger partial charge is 0.460 e. The zero-order chi connectivity index (χ0) is 22.8. The molecule has 2 heterocycles. The van der Waals surface area contributed by atoms with E-state index < -0.39 is 5.97 Å². The van der Waals surface area contributed by atoms with E-state index >= 15 is 0 Å². The van der Waals surface area contributed by atoms with Crippen LogP contribution in [-0.2, 0) is 9.53 Å². The molecule has 0 unspecified atom stereocenters. The van der Waals surface area contributed by atoms with Gasteiger partial charge in [0.25, 0.3) is 0 Å². The molecule has 0 N–H and O–H groups in total. The summed E-state index contributed by atoms with van der Waals surface area (Å²) in [5.41, 5.74) is 3.53. The summed E-state index contributed by atoms with van der Waals surface area (Å²) in [5, 5.41) is 6.92. The number of guanidine groups is 1. The van der Waals surface area contributed by atoms with Crippen LogP contribution in [0, 0.1) is 0 Å². The Balaban J connectivity index is 1.68. The first-order chi connectivity index (χ1) is 16.2. The van der Waals surface area contributed by atoms with Crippen LogP contribution in [0.2, 0.25) is 5.02 Å². The molecule has 0 saturated carbocycles. The van der Waals surface area contributed by atoms with Crippen LogP contribution in [0.4, 0.5) is 5.69 Å². The summed E-state index contributed by atoms with van der Waals surface area (Å²) >= 11 is 6.10. The molecule has 7 heteroatoms. The lowest BCUT2D eigenvalue weighted by Gasteiger charge is -2.32. The molecule has 0 saturated heterocycles. The van der Waals surface area contributed by atoms with E-state index in [4.69, 9.17) is 21.3 Å². The van der Waals surface area contributed by atoms with Gasteiger partial charge in [-0.25, -0.2) is 9.79 Å². The average molecular weight is 457 g/mol. The zero-order valence-corrected chi connectivity index (χ0v) is 18.7. The van der Waals surface area contributed by atoms with Crippen molar-refractivity contribution in [2.45, 2.75) is 13.0 Å². The molecule has 0 amide bonds. The smallest absolute Gasteiger partial charge is 0.376 e. The monoisotopic (exact) mass is 456 g/mol. The Bertz CT molecular complexity index is 1250. The summed E-state index contributed by atoms with van der Waals surface area (Å²) in [6.45, 7) is 2.03. The van der Waals surface area contributed by atoms with Gasteiger partial charge in [-0.3, -0.25) is 4.90 Å². The van der Waals surface area contributed by atoms with Crippen LogP contribution in [0.5, 0.6) is 0 Å². The summed E-state index contributed by atoms with van der Waals surface area (Å²) in [4.78, 5) is 19.7. The topological polar surface area (TPSA) is 57.5 Å². The summed E-state index contributed by atoms with van der Waals surface area (Å²) in [5.74, 6) is 0.206. The Hall–Kier alpha value is -3.90. The number of hydrazone groups is 1. The van der Waals surface area contributed by atoms with E-state index in [0.717, 1.165) is 22.5 Å². The fraction of sp³-hybridized carbons (Fsp3) is 0.115. The maximum atomic E-state index is 12.9. The van der Waals surface area contributed by atoms with Crippen LogP contribution in [0.15, 0.2) is 101 Å². The van der Waals surface area contributed by atoms with E-state index in [-0.39, 0.29) is 18.5 Å². The fourth-order valence-corrected chi connectivity index (χ4v) is 3.99. The lowest BCUT2D eigenvalue weighted by atomic mass is 10.0. The van der Waals surface area contributed by atoms with Gasteiger partial charge in [-0.1, -0.05) is 72.3 Å². The molecule has 0 radical (unpaired) electrons. The highest BCUT2D eigenvalue weighted by molar-refractivity contribution is 6.41. The second-order valence-corrected chi connectivity index (χ2v) is 7.92. The minimum atomic E-state index is -0.501. The molecule has 0 aromatic heterocycles. The number of ether oxygens (including phenoxy) is 1. The van der Waals surface area contributed by atoms with E-state index in [1.807, 2.05) is 83.8 Å². The average Bonchev–Trinajstić information content (AvgIpc) is 3.25. The SMILES string of the molecule is CCOC(=O)C1=NN(c2ccc(Cl)cc2)C2=NC(c3ccccc3)=C[C@@H](c3ccccc3)N12. The van der Waals surface area contributed by atoms with Crippen LogP contribution < -0.4 is 5.01 Å². The van der Waals surface area contributed by atoms with Gasteiger partial charge in [0, 0.05) is 10.6 Å². The predicted molar refractivity (Wildman–Crippen MR) is 131 cm³/mol. The molecular weight excluding hydrogens is 436 g/mol. The van der Waals surface area contributed by atoms with E-state index in [1.165, 1.54) is 0 Å². The maximum absolute atomic E-state index is 12.9. The van der Waals surface area contributed by atoms with Crippen molar-refractivity contribution in [3.63, 3.8) is 0 Å². The second kappa shape index (κ2) is 8.92. The molecule has 5 rings (SSSR count). The van der Waals surface area contributed by atoms with Gasteiger partial charge in [-0.15, -0.1) is 5.10 Å². The first-order valence-corrected chi connectivity index (χ1v) is 11.0. The van der Waals surface area contributed by atoms with Crippen molar-refractivity contribution in [2.75, 3.05) is 11.6 Å². The van der Waals surface area contributed by atoms with Crippen molar-refractivity contribution in [1.82, 2.24) is 4.90 Å². The van der Waals surface area contributed by atoms with Gasteiger partial charge in [-0.2, -0.15) is 5.01 Å². The van der Waals surface area contributed by atoms with E-state index in [1.54, 1.807) is 24.1 Å². The number of carbonyl (C=O) groups excluding carboxylic acids is 1. The minimum Gasteiger partial charge on any atom is -0.460 e. The number of nitrogens with zero attached hydrogens (tertiary/aromatic N) is 4. The van der Waals surface area contributed by atoms with E-state index in [0.29, 0.717) is 11.0 Å². The Labute approximate surface area is 197 Å². The quantitative estimate of drug-likeness (QED) is 0.476. The molecule has 33 heavy (non-hydrogen) atoms. The molecule has 0 aliphatic carbocycles. The molecule has 2 aliphatic rings. The number of anilines is 1. The van der Waals surface area contributed by atoms with Crippen LogP contribution in [0.1, 0.15) is 24.1 Å². The molecule has 3 aromatic carbocycles. The molecule has 6 nitrogen and oxygen atoms in total. The van der Waals surface area contributed by atoms with Crippen LogP contribution in [0.25, 0.3) is 5.70 Å². The fourth-order valence-electron chi connectivity index (χ4n) is 3.87. The molecule has 0 spiro atoms. The van der Waals surface area contributed by atoms with E-state index in [2.05, 4.69) is 5.10 Å². The Morgan fingerprint density at radius 1 is 0.970 bits per heavy atom. The Kier molecular flexibility index (Phi) is 5.67. The zero-order valence-electron chi connectivity index (χ0n) is 17.9. The van der Waals surface area contributed by atoms with Crippen molar-refractivity contribution in [3.8, 4) is 0 Å². The number of carbonyl (C=O) groups is 1. The number of amidine groups is 1. The van der Waals surface area contributed by atoms with Crippen LogP contribution in [-0.4, -0.2) is 29.3 Å². The summed E-state index contributed by atoms with van der Waals surface area (Å²) in [6, 6.07) is 26.9. The lowest BCUT2D eigenvalue weighted by molar-refractivity contribution is -0.135. The van der Waals surface area contributed by atoms with E-state index in [9.17, 15) is 4.79 Å². The normalized spacial score (nSPS) is 17.2. The van der Waals surface area contributed by atoms with Crippen molar-refractivity contribution in [1.29, 1.82) is 0 Å². The number of fused-ring (bicyclic) bond motifs is 1. The first-order valence-electron chi connectivity index (χ1n) is 10.7. The summed E-state index contributed by atoms with van der Waals surface area (Å²) in [7, 11) is 0. The van der Waals surface area contributed by atoms with Gasteiger partial charge < -0.3 is 4.74 Å². The van der Waals surface area contributed by atoms with Gasteiger partial charge in [0.15, 0.2) is 0 Å². The number of benzene rings is 3. The third-order valence-electron chi connectivity index (χ3n) is 5.38. The number of esters is 1. The maximum Gasteiger partial charge on any atom is 0.376 e. The second-order valence-electron chi connectivity index (χ2n) is 7.49. The Morgan fingerprint density at radius 2 is 1.64 bits per heavy atom. The Morgan fingerprint density at radius 3 is 2.30 bits per heavy atom. The van der Waals surface area contributed by atoms with Crippen molar-refractivity contribution < 1.29 is 9.53 Å². The van der Waals surface area contributed by atoms with Crippen molar-refractivity contribution in [2.24, 2.45) is 10.1 Å². The molecule has 2 aliphatic heterocycles. The predicted octanol–water partition coefficient (Wildman–Crippen LogP) is 5.49. The van der Waals surface area contributed by atoms with Crippen LogP contribution >= 0.6 is 11.6 Å². The molecule has 164 valence electrons. The third-order valence-corrected chi connectivity index (χ3v) is 5.63. The standard InChI is InChI=1S/C26H21ClN4O2/c1-2-33-25(32)24-29-31(21-15-13-20(27)14-16-21)26-28-22(18-9-5-3-6-10-18)17-23(30(24)26)19-11-7-4-8-12-19/h3-17,23H,2H2,1H3/t23-/m0/s1. The third kappa shape index (κ3) is 4.01. The van der Waals surface area contributed by atoms with Crippen LogP contribution in [0.3, 0.4) is 0 Å². The number of halogens is 1. The highest BCUT2D eigenvalue weighted by atomic mass is 35.5. The molecule has 1 atom stereocenters. The minimum absolute atomic E-state index is 0.183. The summed E-state index contributed by atoms with van der Waals surface area (Å²) < 4.78 is 5.34. The van der Waals surface area contributed by atoms with Crippen molar-refractivity contribution >= 4 is 40.7 Å². The van der Waals surface area contributed by atoms with Crippen molar-refractivity contribution in [3.05, 3.63) is 107 Å². The summed E-state index contributed by atoms with van der Waals surface area (Å²) in [6.07, 6.45) is 2.05. The van der Waals surface area contributed by atoms with Gasteiger partial charge in [0.2, 0.25) is 11.8 Å². The highest BCUT2D eigenvalue weighted by Crippen LogP contribution is 2.37. The van der Waals surface area contributed by atoms with Gasteiger partial charge in [0.1, 0.15) is 0 Å². The molecule has 0 bridgehead atoms.